The van der Waals surface area contributed by atoms with Gasteiger partial charge in [0.25, 0.3) is 0 Å². The molecule has 1 saturated heterocycles. The Balaban J connectivity index is 0.00000264. The predicted molar refractivity (Wildman–Crippen MR) is 91.3 cm³/mol. The van der Waals surface area contributed by atoms with Crippen LogP contribution in [0.15, 0.2) is 24.3 Å². The third-order valence-corrected chi connectivity index (χ3v) is 4.38. The summed E-state index contributed by atoms with van der Waals surface area (Å²) < 4.78 is 27.9. The maximum atomic E-state index is 12.1. The van der Waals surface area contributed by atoms with Crippen molar-refractivity contribution < 1.29 is 17.9 Å². The Morgan fingerprint density at radius 3 is 2.48 bits per heavy atom. The van der Waals surface area contributed by atoms with E-state index in [1.54, 1.807) is 12.1 Å². The van der Waals surface area contributed by atoms with E-state index in [0.717, 1.165) is 11.1 Å². The second kappa shape index (κ2) is 8.63. The average Bonchev–Trinajstić information content (AvgIpc) is 2.45. The Labute approximate surface area is 143 Å². The van der Waals surface area contributed by atoms with Gasteiger partial charge in [0.05, 0.1) is 18.5 Å². The van der Waals surface area contributed by atoms with Crippen LogP contribution in [0.2, 0.25) is 0 Å². The number of sulfone groups is 1. The number of ether oxygens (including phenoxy) is 1. The highest BCUT2D eigenvalue weighted by molar-refractivity contribution is 7.89. The van der Waals surface area contributed by atoms with Crippen LogP contribution in [0.4, 0.5) is 0 Å². The molecule has 0 spiro atoms. The van der Waals surface area contributed by atoms with Crippen molar-refractivity contribution in [3.63, 3.8) is 0 Å². The smallest absolute Gasteiger partial charge is 0.240 e. The number of hydrogen-bond donors (Lipinski definition) is 2. The molecule has 0 aliphatic carbocycles. The number of nitrogens with one attached hydrogen (secondary N) is 2. The molecule has 1 aromatic rings. The summed E-state index contributed by atoms with van der Waals surface area (Å²) in [6, 6.07) is 6.86. The summed E-state index contributed by atoms with van der Waals surface area (Å²) in [4.78, 5) is 12.1. The molecule has 1 aromatic carbocycles. The number of halogens is 1. The zero-order valence-corrected chi connectivity index (χ0v) is 14.9. The summed E-state index contributed by atoms with van der Waals surface area (Å²) in [5.41, 5.74) is 1.67. The quantitative estimate of drug-likeness (QED) is 0.803. The van der Waals surface area contributed by atoms with Crippen molar-refractivity contribution in [1.82, 2.24) is 10.6 Å². The van der Waals surface area contributed by atoms with Crippen LogP contribution in [0, 0.1) is 0 Å². The molecule has 0 saturated carbocycles. The molecule has 8 heteroatoms. The molecule has 6 nitrogen and oxygen atoms in total. The summed E-state index contributed by atoms with van der Waals surface area (Å²) in [6.45, 7) is 3.56. The number of benzene rings is 1. The minimum Gasteiger partial charge on any atom is -0.375 e. The Morgan fingerprint density at radius 1 is 1.30 bits per heavy atom. The molecule has 2 N–H and O–H groups in total. The van der Waals surface area contributed by atoms with Crippen molar-refractivity contribution >= 4 is 28.2 Å². The summed E-state index contributed by atoms with van der Waals surface area (Å²) in [5.74, 6) is -0.0621. The molecule has 0 unspecified atom stereocenters. The molecule has 2 rings (SSSR count). The molecule has 1 heterocycles. The highest BCUT2D eigenvalue weighted by Crippen LogP contribution is 2.09. The summed E-state index contributed by atoms with van der Waals surface area (Å²) in [6.07, 6.45) is 1.06. The van der Waals surface area contributed by atoms with Crippen LogP contribution in [-0.4, -0.2) is 45.9 Å². The lowest BCUT2D eigenvalue weighted by molar-refractivity contribution is -0.129. The molecule has 0 aromatic heterocycles. The zero-order valence-electron chi connectivity index (χ0n) is 13.2. The first kappa shape index (κ1) is 19.9. The van der Waals surface area contributed by atoms with Crippen molar-refractivity contribution in [3.8, 4) is 0 Å². The van der Waals surface area contributed by atoms with Crippen LogP contribution in [0.5, 0.6) is 0 Å². The molecule has 1 aliphatic heterocycles. The molecule has 1 amide bonds. The highest BCUT2D eigenvalue weighted by Gasteiger charge is 2.27. The average molecular weight is 363 g/mol. The number of carbonyl (C=O) groups is 1. The van der Waals surface area contributed by atoms with E-state index in [9.17, 15) is 13.2 Å². The van der Waals surface area contributed by atoms with Gasteiger partial charge >= 0.3 is 0 Å². The van der Waals surface area contributed by atoms with Gasteiger partial charge < -0.3 is 15.4 Å². The molecule has 2 atom stereocenters. The van der Waals surface area contributed by atoms with Crippen molar-refractivity contribution in [3.05, 3.63) is 35.4 Å². The number of rotatable bonds is 5. The first-order chi connectivity index (χ1) is 10.3. The second-order valence-electron chi connectivity index (χ2n) is 5.61. The van der Waals surface area contributed by atoms with Crippen LogP contribution >= 0.6 is 12.4 Å². The monoisotopic (exact) mass is 362 g/mol. The van der Waals surface area contributed by atoms with E-state index in [2.05, 4.69) is 10.6 Å². The Bertz CT molecular complexity index is 619. The van der Waals surface area contributed by atoms with E-state index >= 15 is 0 Å². The lowest BCUT2D eigenvalue weighted by atomic mass is 10.1. The van der Waals surface area contributed by atoms with Gasteiger partial charge in [-0.3, -0.25) is 4.79 Å². The maximum absolute atomic E-state index is 12.1. The van der Waals surface area contributed by atoms with Gasteiger partial charge in [-0.25, -0.2) is 8.42 Å². The third kappa shape index (κ3) is 6.47. The van der Waals surface area contributed by atoms with Crippen molar-refractivity contribution in [2.75, 3.05) is 19.4 Å². The van der Waals surface area contributed by atoms with Crippen LogP contribution in [0.3, 0.4) is 0 Å². The molecular formula is C15H23ClN2O4S. The van der Waals surface area contributed by atoms with E-state index < -0.39 is 9.84 Å². The van der Waals surface area contributed by atoms with E-state index in [1.807, 2.05) is 19.1 Å². The molecule has 23 heavy (non-hydrogen) atoms. The van der Waals surface area contributed by atoms with Crippen LogP contribution in [-0.2, 0) is 31.7 Å². The lowest BCUT2D eigenvalue weighted by Gasteiger charge is -2.29. The summed E-state index contributed by atoms with van der Waals surface area (Å²) >= 11 is 0. The van der Waals surface area contributed by atoms with Gasteiger partial charge in [0.15, 0.2) is 9.84 Å². The fourth-order valence-corrected chi connectivity index (χ4v) is 3.18. The van der Waals surface area contributed by atoms with E-state index in [-0.39, 0.29) is 36.2 Å². The maximum Gasteiger partial charge on any atom is 0.240 e. The van der Waals surface area contributed by atoms with Crippen molar-refractivity contribution in [1.29, 1.82) is 0 Å². The lowest BCUT2D eigenvalue weighted by Crippen LogP contribution is -2.55. The first-order valence-corrected chi connectivity index (χ1v) is 9.29. The number of amides is 1. The van der Waals surface area contributed by atoms with E-state index in [0.29, 0.717) is 19.7 Å². The van der Waals surface area contributed by atoms with Crippen LogP contribution in [0.25, 0.3) is 0 Å². The van der Waals surface area contributed by atoms with Gasteiger partial charge in [-0.1, -0.05) is 24.3 Å². The fourth-order valence-electron chi connectivity index (χ4n) is 2.38. The summed E-state index contributed by atoms with van der Waals surface area (Å²) in [5, 5.41) is 6.00. The van der Waals surface area contributed by atoms with Crippen molar-refractivity contribution in [2.45, 2.75) is 31.4 Å². The van der Waals surface area contributed by atoms with Gasteiger partial charge in [0.1, 0.15) is 6.04 Å². The highest BCUT2D eigenvalue weighted by atomic mass is 35.5. The van der Waals surface area contributed by atoms with Crippen LogP contribution < -0.4 is 10.6 Å². The van der Waals surface area contributed by atoms with Gasteiger partial charge in [0.2, 0.25) is 5.91 Å². The first-order valence-electron chi connectivity index (χ1n) is 7.23. The Kier molecular flexibility index (Phi) is 7.47. The molecule has 130 valence electrons. The molecule has 1 aliphatic rings. The number of carbonyl (C=O) groups excluding carboxylic acids is 1. The van der Waals surface area contributed by atoms with Crippen LogP contribution in [0.1, 0.15) is 18.1 Å². The number of hydrogen-bond acceptors (Lipinski definition) is 5. The Morgan fingerprint density at radius 2 is 1.91 bits per heavy atom. The fraction of sp³-hybridized carbons (Fsp3) is 0.533. The third-order valence-electron chi connectivity index (χ3n) is 3.52. The minimum atomic E-state index is -3.03. The van der Waals surface area contributed by atoms with E-state index in [4.69, 9.17) is 4.74 Å². The molecule has 1 fully saturated rings. The molecule has 0 radical (unpaired) electrons. The minimum absolute atomic E-state index is 0. The topological polar surface area (TPSA) is 84.5 Å². The standard InChI is InChI=1S/C15H22N2O4S.ClH/c1-11-14(16-7-8-21-11)15(18)17-9-12-3-5-13(6-4-12)10-22(2,19)20;/h3-6,11,14,16H,7-10H2,1-2H3,(H,17,18);1H/t11-,14+;/m1./s1. The Hall–Kier alpha value is -1.15. The van der Waals surface area contributed by atoms with Gasteiger partial charge in [0, 0.05) is 19.3 Å². The summed E-state index contributed by atoms with van der Waals surface area (Å²) in [7, 11) is -3.03. The van der Waals surface area contributed by atoms with Gasteiger partial charge in [-0.05, 0) is 18.1 Å². The molecular weight excluding hydrogens is 340 g/mol. The number of morpholine rings is 1. The largest absolute Gasteiger partial charge is 0.375 e. The van der Waals surface area contributed by atoms with Gasteiger partial charge in [-0.2, -0.15) is 0 Å². The predicted octanol–water partition coefficient (Wildman–Crippen LogP) is 0.646. The SMILES string of the molecule is C[C@H]1OCCN[C@@H]1C(=O)NCc1ccc(CS(C)(=O)=O)cc1.Cl. The normalized spacial score (nSPS) is 21.3. The van der Waals surface area contributed by atoms with E-state index in [1.165, 1.54) is 6.26 Å². The van der Waals surface area contributed by atoms with Gasteiger partial charge in [-0.15, -0.1) is 12.4 Å². The zero-order chi connectivity index (χ0) is 16.2. The van der Waals surface area contributed by atoms with Crippen molar-refractivity contribution in [2.24, 2.45) is 0 Å². The second-order valence-corrected chi connectivity index (χ2v) is 7.75. The molecule has 0 bridgehead atoms.